The van der Waals surface area contributed by atoms with E-state index in [0.29, 0.717) is 55.7 Å². The fourth-order valence-corrected chi connectivity index (χ4v) is 12.6. The molecule has 2 aromatic carbocycles. The summed E-state index contributed by atoms with van der Waals surface area (Å²) in [4.78, 5) is 78.1. The molecule has 1 aliphatic carbocycles. The largest absolute Gasteiger partial charge is 0.496 e. The number of hydrogen-bond donors (Lipinski definition) is 3. The Hall–Kier alpha value is -5.25. The number of carbonyl (C=O) groups excluding carboxylic acids is 5. The van der Waals surface area contributed by atoms with Crippen molar-refractivity contribution in [1.82, 2.24) is 14.8 Å². The van der Waals surface area contributed by atoms with Crippen molar-refractivity contribution in [2.75, 3.05) is 59.5 Å². The van der Waals surface area contributed by atoms with Gasteiger partial charge < -0.3 is 43.9 Å². The Morgan fingerprint density at radius 3 is 2.41 bits per heavy atom. The van der Waals surface area contributed by atoms with Crippen LogP contribution in [0.3, 0.4) is 0 Å². The van der Waals surface area contributed by atoms with E-state index in [2.05, 4.69) is 9.88 Å². The van der Waals surface area contributed by atoms with Gasteiger partial charge >= 0.3 is 17.9 Å². The van der Waals surface area contributed by atoms with Crippen LogP contribution in [0.15, 0.2) is 48.6 Å². The van der Waals surface area contributed by atoms with Crippen LogP contribution in [-0.4, -0.2) is 140 Å². The number of ether oxygens (including phenoxy) is 4. The minimum Gasteiger partial charge on any atom is -0.496 e. The highest BCUT2D eigenvalue weighted by molar-refractivity contribution is 5.95. The average molecular weight is 841 g/mol. The van der Waals surface area contributed by atoms with Gasteiger partial charge in [-0.3, -0.25) is 24.1 Å². The lowest BCUT2D eigenvalue weighted by atomic mass is 9.47. The normalized spacial score (nSPS) is 32.0. The van der Waals surface area contributed by atoms with Gasteiger partial charge in [-0.2, -0.15) is 0 Å². The molecule has 9 atom stereocenters. The number of para-hydroxylation sites is 1. The van der Waals surface area contributed by atoms with Crippen molar-refractivity contribution in [3.05, 3.63) is 70.9 Å². The fraction of sp³-hybridized carbons (Fsp3) is 0.543. The molecule has 5 heterocycles. The summed E-state index contributed by atoms with van der Waals surface area (Å²) in [6.07, 6.45) is 2.88. The van der Waals surface area contributed by atoms with Gasteiger partial charge in [-0.05, 0) is 55.5 Å². The van der Waals surface area contributed by atoms with Gasteiger partial charge in [0.25, 0.3) is 0 Å². The van der Waals surface area contributed by atoms with E-state index in [4.69, 9.17) is 18.9 Å². The molecule has 8 rings (SSSR count). The highest BCUT2D eigenvalue weighted by atomic mass is 16.6. The molecule has 4 aliphatic heterocycles. The number of Topliss-reactive ketones (excluding diaryl/α,β-unsaturated/α-hetero) is 1. The molecule has 5 aliphatic rings. The second-order valence-corrected chi connectivity index (χ2v) is 17.4. The monoisotopic (exact) mass is 840 g/mol. The molecule has 0 bridgehead atoms. The number of aliphatic hydroxyl groups excluding tert-OH is 1. The molecular weight excluding hydrogens is 785 g/mol. The second kappa shape index (κ2) is 15.3. The molecule has 326 valence electrons. The number of esters is 3. The molecule has 2 fully saturated rings. The molecule has 15 nitrogen and oxygen atoms in total. The number of carbonyl (C=O) groups is 5. The molecular formula is C46H56N4O11. The van der Waals surface area contributed by atoms with E-state index in [1.807, 2.05) is 60.4 Å². The smallest absolute Gasteiger partial charge is 0.344 e. The van der Waals surface area contributed by atoms with Crippen LogP contribution in [0.25, 0.3) is 10.9 Å². The van der Waals surface area contributed by atoms with Crippen molar-refractivity contribution in [2.45, 2.75) is 93.6 Å². The van der Waals surface area contributed by atoms with Gasteiger partial charge in [0.2, 0.25) is 12.0 Å². The van der Waals surface area contributed by atoms with E-state index in [1.165, 1.54) is 33.2 Å². The minimum atomic E-state index is -2.39. The van der Waals surface area contributed by atoms with E-state index < -0.39 is 75.7 Å². The quantitative estimate of drug-likeness (QED) is 0.117. The van der Waals surface area contributed by atoms with Crippen LogP contribution in [0.5, 0.6) is 5.75 Å². The molecule has 3 aromatic rings. The zero-order valence-electron chi connectivity index (χ0n) is 35.9. The first-order valence-corrected chi connectivity index (χ1v) is 21.1. The SMILES string of the molecule is CCC(=O)[C@H](O)[C@@H]1CN(C=O)CCc2c([nH]c3ccccc23)[C@@](C(=O)OC)(c2cc3c(cc2OC)N(C)C2[C@]34CCN3CC=C[C@@](CC)([C@@H](OC(C)=O)[C@]2(O)C(=O)OC)[C@H]34)C1. The summed E-state index contributed by atoms with van der Waals surface area (Å²) in [7, 11) is 5.79. The maximum absolute atomic E-state index is 15.3. The van der Waals surface area contributed by atoms with Crippen LogP contribution in [0, 0.1) is 11.3 Å². The first-order valence-electron chi connectivity index (χ1n) is 21.1. The van der Waals surface area contributed by atoms with Gasteiger partial charge in [-0.25, -0.2) is 4.79 Å². The van der Waals surface area contributed by atoms with Crippen LogP contribution < -0.4 is 9.64 Å². The van der Waals surface area contributed by atoms with Gasteiger partial charge in [0.1, 0.15) is 17.3 Å². The number of nitrogens with zero attached hydrogens (tertiary/aromatic N) is 3. The third-order valence-corrected chi connectivity index (χ3v) is 14.9. The van der Waals surface area contributed by atoms with Gasteiger partial charge in [-0.15, -0.1) is 0 Å². The third-order valence-electron chi connectivity index (χ3n) is 14.9. The topological polar surface area (TPSA) is 188 Å². The Balaban J connectivity index is 1.49. The molecule has 3 N–H and O–H groups in total. The maximum Gasteiger partial charge on any atom is 0.344 e. The number of aromatic nitrogens is 1. The summed E-state index contributed by atoms with van der Waals surface area (Å²) < 4.78 is 23.6. The predicted molar refractivity (Wildman–Crippen MR) is 223 cm³/mol. The van der Waals surface area contributed by atoms with Gasteiger partial charge in [-0.1, -0.05) is 44.2 Å². The lowest BCUT2D eigenvalue weighted by Crippen LogP contribution is -2.81. The summed E-state index contributed by atoms with van der Waals surface area (Å²) in [5.41, 5.74) is -2.55. The molecule has 15 heteroatoms. The number of H-pyrrole nitrogens is 1. The van der Waals surface area contributed by atoms with E-state index in [0.717, 1.165) is 22.0 Å². The van der Waals surface area contributed by atoms with Crippen molar-refractivity contribution in [3.63, 3.8) is 0 Å². The molecule has 1 aromatic heterocycles. The maximum atomic E-state index is 15.3. The molecule has 61 heavy (non-hydrogen) atoms. The number of anilines is 1. The van der Waals surface area contributed by atoms with Crippen molar-refractivity contribution < 1.29 is 53.1 Å². The Bertz CT molecular complexity index is 2330. The number of amides is 1. The standard InChI is InChI=1S/C46H56N4O11/c1-8-34(53)36(54)27-23-45(41(55)59-6,37-29(15-19-49(24-27)25-51)28-13-10-11-14-32(28)47-37)31-21-30-33(22-35(31)58-5)48(4)39-44(30)17-20-50-18-12-16-43(9-2,38(44)50)40(61-26(3)52)46(39,57)42(56)60-7/h10-14,16,21-22,25,27,36,38-40,47,54,57H,8-9,15,17-20,23-24H2,1-7H3/t27-,36+,38-,39?,40+,43+,44+,45-,46-/m0/s1. The van der Waals surface area contributed by atoms with Gasteiger partial charge in [0, 0.05) is 96.7 Å². The number of aliphatic hydroxyl groups is 2. The van der Waals surface area contributed by atoms with E-state index in [-0.39, 0.29) is 31.7 Å². The summed E-state index contributed by atoms with van der Waals surface area (Å²) in [6, 6.07) is 9.95. The highest BCUT2D eigenvalue weighted by Gasteiger charge is 2.80. The number of hydrogen-bond acceptors (Lipinski definition) is 13. The van der Waals surface area contributed by atoms with E-state index in [9.17, 15) is 29.4 Å². The number of rotatable bonds is 10. The van der Waals surface area contributed by atoms with Gasteiger partial charge in [0.05, 0.1) is 27.4 Å². The van der Waals surface area contributed by atoms with Crippen LogP contribution in [0.1, 0.15) is 68.8 Å². The molecule has 0 radical (unpaired) electrons. The summed E-state index contributed by atoms with van der Waals surface area (Å²) in [6.45, 7) is 6.26. The van der Waals surface area contributed by atoms with Crippen molar-refractivity contribution in [3.8, 4) is 5.75 Å². The first kappa shape index (κ1) is 42.4. The summed E-state index contributed by atoms with van der Waals surface area (Å²) in [5.74, 6) is -3.38. The number of nitrogens with one attached hydrogen (secondary N) is 1. The average Bonchev–Trinajstić information content (AvgIpc) is 3.94. The Kier molecular flexibility index (Phi) is 10.6. The summed E-state index contributed by atoms with van der Waals surface area (Å²) in [5, 5.41) is 26.0. The predicted octanol–water partition coefficient (Wildman–Crippen LogP) is 2.94. The lowest BCUT2D eigenvalue weighted by Gasteiger charge is -2.63. The fourth-order valence-electron chi connectivity index (χ4n) is 12.6. The Labute approximate surface area is 354 Å². The molecule has 1 saturated carbocycles. The number of fused-ring (bicyclic) bond motifs is 4. The molecule has 1 spiro atoms. The zero-order chi connectivity index (χ0) is 43.8. The minimum absolute atomic E-state index is 0.0224. The number of aromatic amines is 1. The number of likely N-dealkylation sites (N-methyl/N-ethyl adjacent to an activating group) is 1. The molecule has 1 saturated heterocycles. The van der Waals surface area contributed by atoms with Crippen molar-refractivity contribution in [1.29, 1.82) is 0 Å². The van der Waals surface area contributed by atoms with Crippen molar-refractivity contribution >= 4 is 46.7 Å². The first-order chi connectivity index (χ1) is 29.2. The van der Waals surface area contributed by atoms with Crippen LogP contribution >= 0.6 is 0 Å². The van der Waals surface area contributed by atoms with Crippen LogP contribution in [0.2, 0.25) is 0 Å². The van der Waals surface area contributed by atoms with Crippen molar-refractivity contribution in [2.24, 2.45) is 11.3 Å². The number of methoxy groups -OCH3 is 3. The van der Waals surface area contributed by atoms with Gasteiger partial charge in [0.15, 0.2) is 11.9 Å². The van der Waals surface area contributed by atoms with Crippen LogP contribution in [-0.2, 0) is 55.4 Å². The lowest BCUT2D eigenvalue weighted by molar-refractivity contribution is -0.228. The molecule has 1 amide bonds. The van der Waals surface area contributed by atoms with E-state index >= 15 is 4.79 Å². The Morgan fingerprint density at radius 1 is 1.02 bits per heavy atom. The zero-order valence-corrected chi connectivity index (χ0v) is 35.9. The highest BCUT2D eigenvalue weighted by Crippen LogP contribution is 2.68. The third kappa shape index (κ3) is 5.68. The summed E-state index contributed by atoms with van der Waals surface area (Å²) >= 11 is 0. The number of ketones is 1. The van der Waals surface area contributed by atoms with Crippen LogP contribution in [0.4, 0.5) is 5.69 Å². The Morgan fingerprint density at radius 2 is 1.75 bits per heavy atom. The number of benzene rings is 2. The van der Waals surface area contributed by atoms with E-state index in [1.54, 1.807) is 14.0 Å². The second-order valence-electron chi connectivity index (χ2n) is 17.4. The molecule has 1 unspecified atom stereocenters.